The first-order chi connectivity index (χ1) is 6.18. The second kappa shape index (κ2) is 2.47. The molecule has 0 amide bonds. The van der Waals surface area contributed by atoms with Crippen LogP contribution in [0.1, 0.15) is 19.3 Å². The maximum Gasteiger partial charge on any atom is 0.00739 e. The molecule has 3 saturated carbocycles. The second-order valence-electron chi connectivity index (χ2n) is 5.27. The molecule has 0 aromatic heterocycles. The van der Waals surface area contributed by atoms with E-state index in [1.165, 1.54) is 0 Å². The van der Waals surface area contributed by atoms with E-state index in [0.717, 1.165) is 25.2 Å². The summed E-state index contributed by atoms with van der Waals surface area (Å²) in [7, 11) is 0. The molecule has 0 spiro atoms. The molecular weight excluding hydrogens is 162 g/mol. The largest absolute Gasteiger partial charge is 0.327 e. The van der Waals surface area contributed by atoms with E-state index in [4.69, 9.17) is 17.2 Å². The van der Waals surface area contributed by atoms with Gasteiger partial charge in [-0.25, -0.2) is 0 Å². The van der Waals surface area contributed by atoms with Gasteiger partial charge in [0.2, 0.25) is 0 Å². The van der Waals surface area contributed by atoms with E-state index in [0.29, 0.717) is 35.9 Å². The molecule has 0 bridgehead atoms. The fourth-order valence-corrected chi connectivity index (χ4v) is 4.27. The van der Waals surface area contributed by atoms with Crippen molar-refractivity contribution in [3.8, 4) is 0 Å². The Morgan fingerprint density at radius 1 is 0.615 bits per heavy atom. The Hall–Kier alpha value is -0.120. The predicted molar refractivity (Wildman–Crippen MR) is 51.7 cm³/mol. The van der Waals surface area contributed by atoms with Gasteiger partial charge in [-0.05, 0) is 42.9 Å². The third kappa shape index (κ3) is 0.901. The molecule has 0 aromatic rings. The smallest absolute Gasteiger partial charge is 0.00739 e. The van der Waals surface area contributed by atoms with Crippen molar-refractivity contribution in [2.24, 2.45) is 40.9 Å². The zero-order chi connectivity index (χ0) is 9.16. The van der Waals surface area contributed by atoms with Crippen LogP contribution in [0.25, 0.3) is 0 Å². The number of hydrogen-bond acceptors (Lipinski definition) is 3. The molecule has 0 radical (unpaired) electrons. The van der Waals surface area contributed by atoms with Crippen molar-refractivity contribution < 1.29 is 0 Å². The van der Waals surface area contributed by atoms with Crippen LogP contribution in [0.5, 0.6) is 0 Å². The molecule has 13 heavy (non-hydrogen) atoms. The molecule has 0 saturated heterocycles. The van der Waals surface area contributed by atoms with E-state index < -0.39 is 0 Å². The summed E-state index contributed by atoms with van der Waals surface area (Å²) in [6.07, 6.45) is 3.46. The summed E-state index contributed by atoms with van der Waals surface area (Å²) in [4.78, 5) is 0. The highest BCUT2D eigenvalue weighted by atomic mass is 14.9. The summed E-state index contributed by atoms with van der Waals surface area (Å²) in [6.45, 7) is 0. The first kappa shape index (κ1) is 8.21. The van der Waals surface area contributed by atoms with Crippen molar-refractivity contribution in [3.63, 3.8) is 0 Å². The van der Waals surface area contributed by atoms with Gasteiger partial charge in [-0.15, -0.1) is 0 Å². The lowest BCUT2D eigenvalue weighted by Gasteiger charge is -2.15. The maximum absolute atomic E-state index is 6.12. The molecule has 7 atom stereocenters. The van der Waals surface area contributed by atoms with Gasteiger partial charge in [0.15, 0.2) is 0 Å². The van der Waals surface area contributed by atoms with Crippen LogP contribution in [-0.2, 0) is 0 Å². The van der Waals surface area contributed by atoms with Crippen LogP contribution in [-0.4, -0.2) is 18.1 Å². The average molecular weight is 181 g/mol. The Morgan fingerprint density at radius 3 is 1.23 bits per heavy atom. The van der Waals surface area contributed by atoms with Crippen molar-refractivity contribution in [1.29, 1.82) is 0 Å². The minimum atomic E-state index is 0.386. The molecular formula is C10H19N3. The summed E-state index contributed by atoms with van der Waals surface area (Å²) < 4.78 is 0. The minimum Gasteiger partial charge on any atom is -0.327 e. The van der Waals surface area contributed by atoms with E-state index in [-0.39, 0.29) is 0 Å². The normalized spacial score (nSPS) is 64.4. The zero-order valence-corrected chi connectivity index (χ0v) is 7.89. The van der Waals surface area contributed by atoms with Crippen molar-refractivity contribution in [1.82, 2.24) is 0 Å². The fourth-order valence-electron chi connectivity index (χ4n) is 4.27. The third-order valence-corrected chi connectivity index (χ3v) is 4.77. The van der Waals surface area contributed by atoms with Crippen LogP contribution in [0.2, 0.25) is 0 Å². The van der Waals surface area contributed by atoms with Gasteiger partial charge in [-0.2, -0.15) is 0 Å². The minimum absolute atomic E-state index is 0.386. The van der Waals surface area contributed by atoms with E-state index in [1.54, 1.807) is 0 Å². The number of hydrogen-bond donors (Lipinski definition) is 3. The molecule has 0 aromatic carbocycles. The summed E-state index contributed by atoms with van der Waals surface area (Å²) in [5.41, 5.74) is 18.4. The Balaban J connectivity index is 1.94. The lowest BCUT2D eigenvalue weighted by Crippen LogP contribution is -2.27. The molecule has 3 aliphatic rings. The topological polar surface area (TPSA) is 78.1 Å². The van der Waals surface area contributed by atoms with Crippen LogP contribution in [0.15, 0.2) is 0 Å². The highest BCUT2D eigenvalue weighted by Crippen LogP contribution is 2.56. The van der Waals surface area contributed by atoms with E-state index in [1.807, 2.05) is 0 Å². The average Bonchev–Trinajstić information content (AvgIpc) is 2.63. The molecule has 3 fully saturated rings. The predicted octanol–water partition coefficient (Wildman–Crippen LogP) is -0.356. The molecule has 3 aliphatic carbocycles. The Morgan fingerprint density at radius 2 is 0.923 bits per heavy atom. The molecule has 0 aliphatic heterocycles. The number of nitrogens with two attached hydrogens (primary N) is 3. The van der Waals surface area contributed by atoms with Gasteiger partial charge in [0.05, 0.1) is 0 Å². The lowest BCUT2D eigenvalue weighted by atomic mass is 9.91. The molecule has 3 heteroatoms. The van der Waals surface area contributed by atoms with Gasteiger partial charge in [0.25, 0.3) is 0 Å². The van der Waals surface area contributed by atoms with Gasteiger partial charge in [0.1, 0.15) is 0 Å². The number of rotatable bonds is 0. The first-order valence-electron chi connectivity index (χ1n) is 5.45. The van der Waals surface area contributed by atoms with Gasteiger partial charge >= 0.3 is 0 Å². The molecule has 74 valence electrons. The van der Waals surface area contributed by atoms with E-state index >= 15 is 0 Å². The molecule has 3 rings (SSSR count). The molecule has 5 unspecified atom stereocenters. The van der Waals surface area contributed by atoms with E-state index in [2.05, 4.69) is 0 Å². The summed E-state index contributed by atoms with van der Waals surface area (Å²) in [5, 5.41) is 0. The van der Waals surface area contributed by atoms with Crippen molar-refractivity contribution >= 4 is 0 Å². The van der Waals surface area contributed by atoms with Crippen LogP contribution in [0.3, 0.4) is 0 Å². The standard InChI is InChI=1S/C10H19N3/c11-7-1-4-8(12)3-6-9(13)2-5(7)10(4)6/h4-10H,1-3,11-13H2/t4?,5?,6?,7-,8-,9?,10?/m1/s1. The van der Waals surface area contributed by atoms with Crippen LogP contribution in [0, 0.1) is 23.7 Å². The van der Waals surface area contributed by atoms with Gasteiger partial charge in [0, 0.05) is 18.1 Å². The first-order valence-corrected chi connectivity index (χ1v) is 5.45. The van der Waals surface area contributed by atoms with Crippen LogP contribution in [0.4, 0.5) is 0 Å². The Kier molecular flexibility index (Phi) is 1.56. The third-order valence-electron chi connectivity index (χ3n) is 4.77. The Bertz CT molecular complexity index is 192. The molecule has 3 nitrogen and oxygen atoms in total. The monoisotopic (exact) mass is 181 g/mol. The summed E-state index contributed by atoms with van der Waals surface area (Å²) in [6, 6.07) is 1.16. The highest BCUT2D eigenvalue weighted by Gasteiger charge is 2.57. The quantitative estimate of drug-likeness (QED) is 0.478. The van der Waals surface area contributed by atoms with Gasteiger partial charge < -0.3 is 17.2 Å². The maximum atomic E-state index is 6.12. The zero-order valence-electron chi connectivity index (χ0n) is 7.89. The summed E-state index contributed by atoms with van der Waals surface area (Å²) in [5.74, 6) is 2.86. The van der Waals surface area contributed by atoms with Gasteiger partial charge in [-0.3, -0.25) is 0 Å². The van der Waals surface area contributed by atoms with Crippen molar-refractivity contribution in [2.75, 3.05) is 0 Å². The SMILES string of the molecule is NC1CC2C3C1C[C@@H](N)C3C[C@H]2N. The highest BCUT2D eigenvalue weighted by molar-refractivity contribution is 5.11. The van der Waals surface area contributed by atoms with Crippen LogP contribution >= 0.6 is 0 Å². The van der Waals surface area contributed by atoms with Crippen molar-refractivity contribution in [2.45, 2.75) is 37.4 Å². The lowest BCUT2D eigenvalue weighted by molar-refractivity contribution is 0.337. The van der Waals surface area contributed by atoms with Crippen molar-refractivity contribution in [3.05, 3.63) is 0 Å². The second-order valence-corrected chi connectivity index (χ2v) is 5.27. The molecule has 0 heterocycles. The van der Waals surface area contributed by atoms with Crippen LogP contribution < -0.4 is 17.2 Å². The summed E-state index contributed by atoms with van der Waals surface area (Å²) >= 11 is 0. The van der Waals surface area contributed by atoms with E-state index in [9.17, 15) is 0 Å². The Labute approximate surface area is 79.0 Å². The van der Waals surface area contributed by atoms with Gasteiger partial charge in [-0.1, -0.05) is 0 Å². The fraction of sp³-hybridized carbons (Fsp3) is 1.00. The molecule has 6 N–H and O–H groups in total.